The quantitative estimate of drug-likeness (QED) is 0.559. The Morgan fingerprint density at radius 3 is 2.78 bits per heavy atom. The number of carbonyl (C=O) groups excluding carboxylic acids is 3. The standard InChI is InChI=1S/C12H11NO5/c1-17-11(15)8-4-2-3-5-9(8)13-6-7-18-12(16)10(13)14/h2-5H,6-7H2,1H3. The molecule has 6 heteroatoms. The van der Waals surface area contributed by atoms with Gasteiger partial charge in [0.1, 0.15) is 6.61 Å². The summed E-state index contributed by atoms with van der Waals surface area (Å²) in [4.78, 5) is 35.7. The number of carbonyl (C=O) groups is 3. The van der Waals surface area contributed by atoms with E-state index in [0.29, 0.717) is 5.69 Å². The van der Waals surface area contributed by atoms with E-state index in [2.05, 4.69) is 9.47 Å². The topological polar surface area (TPSA) is 72.9 Å². The molecule has 0 aromatic heterocycles. The number of hydrogen-bond acceptors (Lipinski definition) is 5. The van der Waals surface area contributed by atoms with E-state index in [1.165, 1.54) is 18.1 Å². The van der Waals surface area contributed by atoms with Crippen molar-refractivity contribution in [3.05, 3.63) is 29.8 Å². The van der Waals surface area contributed by atoms with Crippen molar-refractivity contribution in [1.29, 1.82) is 0 Å². The van der Waals surface area contributed by atoms with Gasteiger partial charge < -0.3 is 9.47 Å². The molecular weight excluding hydrogens is 238 g/mol. The lowest BCUT2D eigenvalue weighted by Gasteiger charge is -2.26. The molecule has 0 N–H and O–H groups in total. The summed E-state index contributed by atoms with van der Waals surface area (Å²) in [5.41, 5.74) is 0.592. The van der Waals surface area contributed by atoms with Crippen LogP contribution in [0.4, 0.5) is 5.69 Å². The first-order valence-corrected chi connectivity index (χ1v) is 5.31. The largest absolute Gasteiger partial charge is 0.465 e. The Labute approximate surface area is 103 Å². The third-order valence-electron chi connectivity index (χ3n) is 2.57. The fourth-order valence-corrected chi connectivity index (χ4v) is 1.72. The van der Waals surface area contributed by atoms with Gasteiger partial charge in [-0.05, 0) is 12.1 Å². The molecule has 0 radical (unpaired) electrons. The molecule has 0 saturated carbocycles. The molecule has 1 saturated heterocycles. The molecule has 1 fully saturated rings. The number of esters is 2. The predicted octanol–water partition coefficient (Wildman–Crippen LogP) is 0.363. The minimum atomic E-state index is -0.916. The maximum absolute atomic E-state index is 11.7. The van der Waals surface area contributed by atoms with Crippen molar-refractivity contribution >= 4 is 23.5 Å². The van der Waals surface area contributed by atoms with Gasteiger partial charge in [0.15, 0.2) is 0 Å². The number of morpholine rings is 1. The molecule has 1 aliphatic rings. The Bertz CT molecular complexity index is 511. The van der Waals surface area contributed by atoms with Crippen molar-refractivity contribution in [3.63, 3.8) is 0 Å². The molecule has 1 amide bonds. The number of cyclic esters (lactones) is 1. The maximum atomic E-state index is 11.7. The normalized spacial score (nSPS) is 15.3. The highest BCUT2D eigenvalue weighted by Gasteiger charge is 2.31. The zero-order chi connectivity index (χ0) is 13.1. The van der Waals surface area contributed by atoms with Crippen LogP contribution in [0.25, 0.3) is 0 Å². The molecule has 0 atom stereocenters. The van der Waals surface area contributed by atoms with Gasteiger partial charge in [-0.25, -0.2) is 9.59 Å². The molecule has 2 rings (SSSR count). The number of nitrogens with zero attached hydrogens (tertiary/aromatic N) is 1. The van der Waals surface area contributed by atoms with Crippen LogP contribution in [-0.4, -0.2) is 38.1 Å². The summed E-state index contributed by atoms with van der Waals surface area (Å²) in [5.74, 6) is -2.25. The minimum Gasteiger partial charge on any atom is -0.465 e. The highest BCUT2D eigenvalue weighted by atomic mass is 16.5. The van der Waals surface area contributed by atoms with Gasteiger partial charge in [0.25, 0.3) is 0 Å². The second-order valence-corrected chi connectivity index (χ2v) is 3.60. The monoisotopic (exact) mass is 249 g/mol. The van der Waals surface area contributed by atoms with E-state index in [1.54, 1.807) is 18.2 Å². The summed E-state index contributed by atoms with van der Waals surface area (Å²) in [7, 11) is 1.26. The smallest absolute Gasteiger partial charge is 0.397 e. The van der Waals surface area contributed by atoms with Crippen molar-refractivity contribution in [3.8, 4) is 0 Å². The van der Waals surface area contributed by atoms with Crippen molar-refractivity contribution in [2.24, 2.45) is 0 Å². The molecule has 18 heavy (non-hydrogen) atoms. The number of methoxy groups -OCH3 is 1. The molecule has 6 nitrogen and oxygen atoms in total. The van der Waals surface area contributed by atoms with Crippen molar-refractivity contribution < 1.29 is 23.9 Å². The van der Waals surface area contributed by atoms with Gasteiger partial charge in [-0.1, -0.05) is 12.1 Å². The van der Waals surface area contributed by atoms with Gasteiger partial charge in [0, 0.05) is 0 Å². The molecule has 1 aromatic rings. The Morgan fingerprint density at radius 1 is 1.33 bits per heavy atom. The van der Waals surface area contributed by atoms with E-state index in [0.717, 1.165) is 0 Å². The van der Waals surface area contributed by atoms with Gasteiger partial charge in [0.2, 0.25) is 0 Å². The summed E-state index contributed by atoms with van der Waals surface area (Å²) in [6.07, 6.45) is 0. The van der Waals surface area contributed by atoms with Crippen LogP contribution < -0.4 is 4.90 Å². The number of benzene rings is 1. The highest BCUT2D eigenvalue weighted by Crippen LogP contribution is 2.22. The average molecular weight is 249 g/mol. The molecule has 1 aliphatic heterocycles. The van der Waals surface area contributed by atoms with E-state index >= 15 is 0 Å². The van der Waals surface area contributed by atoms with Crippen LogP contribution in [0, 0.1) is 0 Å². The van der Waals surface area contributed by atoms with Crippen LogP contribution in [0.2, 0.25) is 0 Å². The van der Waals surface area contributed by atoms with Gasteiger partial charge in [0.05, 0.1) is 24.9 Å². The van der Waals surface area contributed by atoms with Gasteiger partial charge in [-0.3, -0.25) is 9.69 Å². The van der Waals surface area contributed by atoms with E-state index in [9.17, 15) is 14.4 Å². The average Bonchev–Trinajstić information content (AvgIpc) is 2.41. The zero-order valence-electron chi connectivity index (χ0n) is 9.71. The van der Waals surface area contributed by atoms with Crippen LogP contribution in [0.5, 0.6) is 0 Å². The van der Waals surface area contributed by atoms with E-state index in [1.807, 2.05) is 0 Å². The van der Waals surface area contributed by atoms with Crippen LogP contribution in [0.3, 0.4) is 0 Å². The molecule has 1 heterocycles. The minimum absolute atomic E-state index is 0.111. The Morgan fingerprint density at radius 2 is 2.06 bits per heavy atom. The molecule has 0 unspecified atom stereocenters. The first-order chi connectivity index (χ1) is 8.65. The predicted molar refractivity (Wildman–Crippen MR) is 61.1 cm³/mol. The highest BCUT2D eigenvalue weighted by molar-refractivity contribution is 6.39. The summed E-state index contributed by atoms with van der Waals surface area (Å²) < 4.78 is 9.26. The van der Waals surface area contributed by atoms with Crippen LogP contribution in [-0.2, 0) is 19.1 Å². The number of hydrogen-bond donors (Lipinski definition) is 0. The first kappa shape index (κ1) is 12.1. The molecule has 0 aliphatic carbocycles. The lowest BCUT2D eigenvalue weighted by molar-refractivity contribution is -0.156. The van der Waals surface area contributed by atoms with E-state index in [-0.39, 0.29) is 18.7 Å². The van der Waals surface area contributed by atoms with Crippen molar-refractivity contribution in [2.45, 2.75) is 0 Å². The zero-order valence-corrected chi connectivity index (χ0v) is 9.71. The van der Waals surface area contributed by atoms with E-state index in [4.69, 9.17) is 0 Å². The Kier molecular flexibility index (Phi) is 3.27. The van der Waals surface area contributed by atoms with Gasteiger partial charge in [-0.2, -0.15) is 0 Å². The van der Waals surface area contributed by atoms with Crippen LogP contribution in [0.15, 0.2) is 24.3 Å². The summed E-state index contributed by atoms with van der Waals surface area (Å²) in [6, 6.07) is 6.45. The molecule has 94 valence electrons. The van der Waals surface area contributed by atoms with Crippen LogP contribution in [0.1, 0.15) is 10.4 Å². The SMILES string of the molecule is COC(=O)c1ccccc1N1CCOC(=O)C1=O. The third-order valence-corrected chi connectivity index (χ3v) is 2.57. The summed E-state index contributed by atoms with van der Waals surface area (Å²) in [6.45, 7) is 0.332. The lowest BCUT2D eigenvalue weighted by atomic mass is 10.1. The first-order valence-electron chi connectivity index (χ1n) is 5.31. The second-order valence-electron chi connectivity index (χ2n) is 3.60. The molecular formula is C12H11NO5. The Balaban J connectivity index is 2.41. The van der Waals surface area contributed by atoms with E-state index < -0.39 is 17.8 Å². The lowest BCUT2D eigenvalue weighted by Crippen LogP contribution is -2.45. The fraction of sp³-hybridized carbons (Fsp3) is 0.250. The number of anilines is 1. The molecule has 0 spiro atoms. The summed E-state index contributed by atoms with van der Waals surface area (Å²) >= 11 is 0. The van der Waals surface area contributed by atoms with Crippen LogP contribution >= 0.6 is 0 Å². The fourth-order valence-electron chi connectivity index (χ4n) is 1.72. The number of amides is 1. The number of ether oxygens (including phenoxy) is 2. The molecule has 0 bridgehead atoms. The maximum Gasteiger partial charge on any atom is 0.397 e. The number of rotatable bonds is 2. The van der Waals surface area contributed by atoms with Crippen molar-refractivity contribution in [2.75, 3.05) is 25.2 Å². The molecule has 1 aromatic carbocycles. The van der Waals surface area contributed by atoms with Crippen molar-refractivity contribution in [1.82, 2.24) is 0 Å². The van der Waals surface area contributed by atoms with Gasteiger partial charge in [-0.15, -0.1) is 0 Å². The second kappa shape index (κ2) is 4.87. The Hall–Kier alpha value is -2.37. The summed E-state index contributed by atoms with van der Waals surface area (Å²) in [5, 5.41) is 0. The van der Waals surface area contributed by atoms with Gasteiger partial charge >= 0.3 is 17.8 Å². The number of para-hydroxylation sites is 1. The third kappa shape index (κ3) is 2.04.